The molecular formula is C17H23NO3. The highest BCUT2D eigenvalue weighted by atomic mass is 16.6. The Morgan fingerprint density at radius 1 is 1.33 bits per heavy atom. The molecule has 4 nitrogen and oxygen atoms in total. The first-order valence-electron chi connectivity index (χ1n) is 7.27. The lowest BCUT2D eigenvalue weighted by Gasteiger charge is -2.33. The number of hydrogen-bond donors (Lipinski definition) is 1. The van der Waals surface area contributed by atoms with Crippen molar-refractivity contribution in [3.63, 3.8) is 0 Å². The van der Waals surface area contributed by atoms with Crippen molar-refractivity contribution in [2.45, 2.75) is 38.9 Å². The second-order valence-electron chi connectivity index (χ2n) is 6.34. The highest BCUT2D eigenvalue weighted by Gasteiger charge is 2.28. The summed E-state index contributed by atoms with van der Waals surface area (Å²) in [5, 5.41) is 10.1. The van der Waals surface area contributed by atoms with E-state index in [2.05, 4.69) is 0 Å². The summed E-state index contributed by atoms with van der Waals surface area (Å²) in [6, 6.07) is 9.81. The van der Waals surface area contributed by atoms with Gasteiger partial charge in [-0.25, -0.2) is 4.79 Å². The molecule has 0 radical (unpaired) electrons. The van der Waals surface area contributed by atoms with Gasteiger partial charge >= 0.3 is 6.09 Å². The van der Waals surface area contributed by atoms with Crippen LogP contribution in [0.3, 0.4) is 0 Å². The molecule has 1 heterocycles. The molecule has 1 fully saturated rings. The van der Waals surface area contributed by atoms with E-state index in [1.807, 2.05) is 57.2 Å². The Kier molecular flexibility index (Phi) is 4.68. The highest BCUT2D eigenvalue weighted by molar-refractivity contribution is 5.69. The minimum Gasteiger partial charge on any atom is -0.444 e. The first-order valence-corrected chi connectivity index (χ1v) is 7.27. The minimum absolute atomic E-state index is 0.326. The van der Waals surface area contributed by atoms with E-state index in [1.54, 1.807) is 4.90 Å². The molecule has 0 aliphatic carbocycles. The number of aliphatic hydroxyl groups excluding tert-OH is 1. The lowest BCUT2D eigenvalue weighted by atomic mass is 9.99. The van der Waals surface area contributed by atoms with Gasteiger partial charge in [0.05, 0.1) is 6.10 Å². The third kappa shape index (κ3) is 4.60. The number of amides is 1. The lowest BCUT2D eigenvalue weighted by molar-refractivity contribution is 0.0191. The number of rotatable bonds is 1. The summed E-state index contributed by atoms with van der Waals surface area (Å²) in [6.45, 7) is 6.48. The Morgan fingerprint density at radius 3 is 2.62 bits per heavy atom. The van der Waals surface area contributed by atoms with Crippen molar-refractivity contribution in [3.8, 4) is 0 Å². The average Bonchev–Trinajstić information content (AvgIpc) is 2.40. The number of aliphatic hydroxyl groups is 1. The number of likely N-dealkylation sites (tertiary alicyclic amines) is 1. The van der Waals surface area contributed by atoms with Crippen molar-refractivity contribution < 1.29 is 14.6 Å². The molecule has 4 heteroatoms. The molecule has 0 bridgehead atoms. The molecule has 1 amide bonds. The first-order chi connectivity index (χ1) is 9.85. The Balaban J connectivity index is 2.09. The second kappa shape index (κ2) is 6.31. The lowest BCUT2D eigenvalue weighted by Crippen LogP contribution is -2.44. The predicted molar refractivity (Wildman–Crippen MR) is 82.8 cm³/mol. The quantitative estimate of drug-likeness (QED) is 0.864. The van der Waals surface area contributed by atoms with Crippen LogP contribution in [0, 0.1) is 0 Å². The van der Waals surface area contributed by atoms with E-state index >= 15 is 0 Å². The van der Waals surface area contributed by atoms with Gasteiger partial charge in [0.1, 0.15) is 5.60 Å². The maximum Gasteiger partial charge on any atom is 0.410 e. The molecule has 0 saturated carbocycles. The van der Waals surface area contributed by atoms with Crippen LogP contribution >= 0.6 is 0 Å². The number of carbonyl (C=O) groups excluding carboxylic acids is 1. The fraction of sp³-hybridized carbons (Fsp3) is 0.471. The molecule has 1 aromatic rings. The van der Waals surface area contributed by atoms with E-state index < -0.39 is 11.7 Å². The largest absolute Gasteiger partial charge is 0.444 e. The SMILES string of the molecule is CC(C)(C)OC(=O)N1CCC(O)/C(=C\c2ccccc2)C1. The van der Waals surface area contributed by atoms with Crippen LogP contribution in [-0.2, 0) is 4.74 Å². The molecule has 1 N–H and O–H groups in total. The summed E-state index contributed by atoms with van der Waals surface area (Å²) in [5.41, 5.74) is 1.37. The van der Waals surface area contributed by atoms with Gasteiger partial charge in [-0.1, -0.05) is 36.4 Å². The molecule has 2 rings (SSSR count). The second-order valence-corrected chi connectivity index (χ2v) is 6.34. The van der Waals surface area contributed by atoms with Crippen molar-refractivity contribution in [1.82, 2.24) is 4.90 Å². The molecule has 1 atom stereocenters. The zero-order valence-electron chi connectivity index (χ0n) is 12.9. The molecule has 1 aliphatic rings. The Bertz CT molecular complexity index is 517. The maximum atomic E-state index is 12.1. The maximum absolute atomic E-state index is 12.1. The molecule has 1 aromatic carbocycles. The van der Waals surface area contributed by atoms with Crippen LogP contribution in [0.1, 0.15) is 32.8 Å². The van der Waals surface area contributed by atoms with Gasteiger partial charge < -0.3 is 14.7 Å². The average molecular weight is 289 g/mol. The number of benzene rings is 1. The summed E-state index contributed by atoms with van der Waals surface area (Å²) in [7, 11) is 0. The van der Waals surface area contributed by atoms with Gasteiger partial charge in [-0.2, -0.15) is 0 Å². The number of nitrogens with zero attached hydrogens (tertiary/aromatic N) is 1. The number of hydrogen-bond acceptors (Lipinski definition) is 3. The van der Waals surface area contributed by atoms with Crippen LogP contribution in [0.25, 0.3) is 6.08 Å². The van der Waals surface area contributed by atoms with Gasteiger partial charge in [-0.05, 0) is 38.3 Å². The van der Waals surface area contributed by atoms with Crippen LogP contribution in [0.5, 0.6) is 0 Å². The van der Waals surface area contributed by atoms with Crippen LogP contribution in [-0.4, -0.2) is 40.9 Å². The van der Waals surface area contributed by atoms with E-state index in [0.29, 0.717) is 19.5 Å². The minimum atomic E-state index is -0.504. The fourth-order valence-corrected chi connectivity index (χ4v) is 2.26. The number of ether oxygens (including phenoxy) is 1. The van der Waals surface area contributed by atoms with E-state index in [9.17, 15) is 9.90 Å². The molecule has 1 unspecified atom stereocenters. The van der Waals surface area contributed by atoms with Crippen molar-refractivity contribution >= 4 is 12.2 Å². The monoisotopic (exact) mass is 289 g/mol. The van der Waals surface area contributed by atoms with Crippen LogP contribution in [0.4, 0.5) is 4.79 Å². The summed E-state index contributed by atoms with van der Waals surface area (Å²) in [6.07, 6.45) is 1.66. The molecule has 21 heavy (non-hydrogen) atoms. The number of piperidine rings is 1. The van der Waals surface area contributed by atoms with E-state index in [0.717, 1.165) is 11.1 Å². The van der Waals surface area contributed by atoms with E-state index in [1.165, 1.54) is 0 Å². The molecule has 114 valence electrons. The molecule has 1 saturated heterocycles. The van der Waals surface area contributed by atoms with E-state index in [-0.39, 0.29) is 6.09 Å². The Hall–Kier alpha value is -1.81. The van der Waals surface area contributed by atoms with Gasteiger partial charge in [0.15, 0.2) is 0 Å². The van der Waals surface area contributed by atoms with Crippen molar-refractivity contribution in [1.29, 1.82) is 0 Å². The van der Waals surface area contributed by atoms with Gasteiger partial charge in [0.25, 0.3) is 0 Å². The first kappa shape index (κ1) is 15.6. The van der Waals surface area contributed by atoms with Crippen LogP contribution in [0.15, 0.2) is 35.9 Å². The van der Waals surface area contributed by atoms with Gasteiger partial charge in [-0.15, -0.1) is 0 Å². The molecule has 0 aromatic heterocycles. The van der Waals surface area contributed by atoms with Gasteiger partial charge in [0.2, 0.25) is 0 Å². The normalized spacial score (nSPS) is 21.4. The summed E-state index contributed by atoms with van der Waals surface area (Å²) < 4.78 is 5.39. The zero-order valence-corrected chi connectivity index (χ0v) is 12.9. The van der Waals surface area contributed by atoms with Crippen molar-refractivity contribution in [3.05, 3.63) is 41.5 Å². The third-order valence-electron chi connectivity index (χ3n) is 3.28. The summed E-state index contributed by atoms with van der Waals surface area (Å²) in [5.74, 6) is 0. The van der Waals surface area contributed by atoms with Gasteiger partial charge in [-0.3, -0.25) is 0 Å². The predicted octanol–water partition coefficient (Wildman–Crippen LogP) is 3.07. The molecular weight excluding hydrogens is 266 g/mol. The van der Waals surface area contributed by atoms with Gasteiger partial charge in [0, 0.05) is 13.1 Å². The summed E-state index contributed by atoms with van der Waals surface area (Å²) >= 11 is 0. The van der Waals surface area contributed by atoms with Crippen molar-refractivity contribution in [2.75, 3.05) is 13.1 Å². The third-order valence-corrected chi connectivity index (χ3v) is 3.28. The molecule has 1 aliphatic heterocycles. The Labute approximate surface area is 126 Å². The Morgan fingerprint density at radius 2 is 2.00 bits per heavy atom. The molecule has 0 spiro atoms. The van der Waals surface area contributed by atoms with Crippen LogP contribution < -0.4 is 0 Å². The highest BCUT2D eigenvalue weighted by Crippen LogP contribution is 2.21. The zero-order chi connectivity index (χ0) is 15.5. The van der Waals surface area contributed by atoms with Crippen LogP contribution in [0.2, 0.25) is 0 Å². The van der Waals surface area contributed by atoms with Crippen molar-refractivity contribution in [2.24, 2.45) is 0 Å². The number of carbonyl (C=O) groups is 1. The fourth-order valence-electron chi connectivity index (χ4n) is 2.26. The smallest absolute Gasteiger partial charge is 0.410 e. The summed E-state index contributed by atoms with van der Waals surface area (Å²) in [4.78, 5) is 13.8. The topological polar surface area (TPSA) is 49.8 Å². The standard InChI is InChI=1S/C17H23NO3/c1-17(2,3)21-16(20)18-10-9-15(19)14(12-18)11-13-7-5-4-6-8-13/h4-8,11,15,19H,9-10,12H2,1-3H3/b14-11-. The van der Waals surface area contributed by atoms with E-state index in [4.69, 9.17) is 4.74 Å².